The number of benzene rings is 2. The van der Waals surface area contributed by atoms with Crippen molar-refractivity contribution in [1.29, 1.82) is 0 Å². The number of rotatable bonds is 15. The van der Waals surface area contributed by atoms with Gasteiger partial charge in [0.2, 0.25) is 0 Å². The minimum atomic E-state index is -1.14. The maximum Gasteiger partial charge on any atom is 0.266 e. The van der Waals surface area contributed by atoms with Crippen LogP contribution in [-0.2, 0) is 32.0 Å². The minimum absolute atomic E-state index is 0.104. The van der Waals surface area contributed by atoms with Crippen LogP contribution in [0.2, 0.25) is 0 Å². The molecular formula is C30H37NO5S. The summed E-state index contributed by atoms with van der Waals surface area (Å²) in [6.07, 6.45) is 0.988. The summed E-state index contributed by atoms with van der Waals surface area (Å²) in [6.45, 7) is 10.6. The molecule has 0 radical (unpaired) electrons. The van der Waals surface area contributed by atoms with Crippen LogP contribution in [0.5, 0.6) is 0 Å². The first-order valence-corrected chi connectivity index (χ1v) is 13.0. The molecule has 2 aromatic rings. The first-order chi connectivity index (χ1) is 17.9. The van der Waals surface area contributed by atoms with Crippen molar-refractivity contribution < 1.29 is 24.1 Å². The Morgan fingerprint density at radius 2 is 1.84 bits per heavy atom. The summed E-state index contributed by atoms with van der Waals surface area (Å²) in [5.41, 5.74) is 3.00. The molecule has 2 aromatic carbocycles. The van der Waals surface area contributed by atoms with Gasteiger partial charge in [0.15, 0.2) is 6.10 Å². The number of amides is 1. The van der Waals surface area contributed by atoms with E-state index in [1.807, 2.05) is 67.6 Å². The van der Waals surface area contributed by atoms with Crippen molar-refractivity contribution >= 4 is 23.3 Å². The summed E-state index contributed by atoms with van der Waals surface area (Å²) in [5, 5.41) is 11.2. The highest BCUT2D eigenvalue weighted by molar-refractivity contribution is 7.80. The predicted molar refractivity (Wildman–Crippen MR) is 149 cm³/mol. The van der Waals surface area contributed by atoms with Crippen LogP contribution < -0.4 is 0 Å². The van der Waals surface area contributed by atoms with Crippen LogP contribution in [0.25, 0.3) is 0 Å². The fourth-order valence-electron chi connectivity index (χ4n) is 4.28. The third kappa shape index (κ3) is 8.90. The fourth-order valence-corrected chi connectivity index (χ4v) is 4.59. The summed E-state index contributed by atoms with van der Waals surface area (Å²) in [7, 11) is 0. The lowest BCUT2D eigenvalue weighted by Crippen LogP contribution is -2.51. The highest BCUT2D eigenvalue weighted by Gasteiger charge is 2.42. The minimum Gasteiger partial charge on any atom is -0.468 e. The van der Waals surface area contributed by atoms with Gasteiger partial charge in [0, 0.05) is 0 Å². The predicted octanol–water partition coefficient (Wildman–Crippen LogP) is 5.01. The average Bonchev–Trinajstić information content (AvgIpc) is 3.25. The number of carbonyl (C=O) groups is 1. The molecule has 1 N–H and O–H groups in total. The molecule has 1 saturated heterocycles. The van der Waals surface area contributed by atoms with Crippen molar-refractivity contribution in [1.82, 2.24) is 4.90 Å². The molecule has 1 heterocycles. The molecule has 0 saturated carbocycles. The highest BCUT2D eigenvalue weighted by atomic mass is 32.1. The Balaban J connectivity index is 1.76. The lowest BCUT2D eigenvalue weighted by Gasteiger charge is -2.31. The van der Waals surface area contributed by atoms with E-state index in [9.17, 15) is 9.90 Å². The van der Waals surface area contributed by atoms with E-state index >= 15 is 0 Å². The zero-order valence-corrected chi connectivity index (χ0v) is 22.3. The van der Waals surface area contributed by atoms with E-state index < -0.39 is 24.2 Å². The van der Waals surface area contributed by atoms with Crippen molar-refractivity contribution in [3.63, 3.8) is 0 Å². The van der Waals surface area contributed by atoms with E-state index in [2.05, 4.69) is 13.2 Å². The number of aliphatic hydroxyl groups excluding tert-OH is 1. The standard InChI is InChI=1S/C30H37NO5S/c1-4-5-16-27(32)28(36-26(17-22(2)3)21-34-19-24-14-10-7-11-15-24)29(33)31-25(20-35-30(31)37)18-23-12-8-6-9-13-23/h4,6-15,25-28,32H,1-2,5,16-21H2,3H3/t25-,26+,27+,28-/m0/s1. The molecule has 0 unspecified atom stereocenters. The molecule has 0 spiro atoms. The molecule has 1 amide bonds. The molecule has 0 aromatic heterocycles. The van der Waals surface area contributed by atoms with Crippen LogP contribution in [0.4, 0.5) is 0 Å². The van der Waals surface area contributed by atoms with Gasteiger partial charge in [-0.15, -0.1) is 13.2 Å². The summed E-state index contributed by atoms with van der Waals surface area (Å²) < 4.78 is 17.8. The average molecular weight is 524 g/mol. The number of carbonyl (C=O) groups excluding carboxylic acids is 1. The second kappa shape index (κ2) is 14.8. The normalized spacial score (nSPS) is 17.6. The smallest absolute Gasteiger partial charge is 0.266 e. The summed E-state index contributed by atoms with van der Waals surface area (Å²) in [5.74, 6) is -0.408. The molecule has 3 rings (SSSR count). The Morgan fingerprint density at radius 1 is 1.19 bits per heavy atom. The van der Waals surface area contributed by atoms with Crippen molar-refractivity contribution in [2.75, 3.05) is 13.2 Å². The second-order valence-corrected chi connectivity index (χ2v) is 9.75. The number of ether oxygens (including phenoxy) is 3. The largest absolute Gasteiger partial charge is 0.468 e. The molecule has 198 valence electrons. The van der Waals surface area contributed by atoms with Gasteiger partial charge in [-0.05, 0) is 56.0 Å². The molecule has 1 aliphatic heterocycles. The molecular weight excluding hydrogens is 486 g/mol. The number of nitrogens with zero attached hydrogens (tertiary/aromatic N) is 1. The summed E-state index contributed by atoms with van der Waals surface area (Å²) in [6, 6.07) is 19.4. The first kappa shape index (κ1) is 28.7. The Bertz CT molecular complexity index is 1030. The van der Waals surface area contributed by atoms with E-state index in [1.54, 1.807) is 6.08 Å². The Labute approximate surface area is 225 Å². The third-order valence-electron chi connectivity index (χ3n) is 6.10. The van der Waals surface area contributed by atoms with Crippen molar-refractivity contribution in [2.45, 2.75) is 63.6 Å². The molecule has 1 aliphatic rings. The highest BCUT2D eigenvalue weighted by Crippen LogP contribution is 2.23. The molecule has 6 nitrogen and oxygen atoms in total. The number of thiocarbonyl (C=S) groups is 1. The van der Waals surface area contributed by atoms with Gasteiger partial charge in [-0.2, -0.15) is 0 Å². The van der Waals surface area contributed by atoms with Crippen molar-refractivity contribution in [3.05, 3.63) is 96.6 Å². The monoisotopic (exact) mass is 523 g/mol. The van der Waals surface area contributed by atoms with E-state index in [4.69, 9.17) is 26.4 Å². The van der Waals surface area contributed by atoms with Crippen LogP contribution in [0.1, 0.15) is 37.3 Å². The Hall–Kier alpha value is -2.84. The lowest BCUT2D eigenvalue weighted by molar-refractivity contribution is -0.159. The number of hydrogen-bond acceptors (Lipinski definition) is 6. The molecule has 37 heavy (non-hydrogen) atoms. The SMILES string of the molecule is C=CCC[C@@H](O)[C@H](O[C@@H](COCc1ccccc1)CC(=C)C)C(=O)N1C(=S)OC[C@@H]1Cc1ccccc1. The topological polar surface area (TPSA) is 68.2 Å². The second-order valence-electron chi connectivity index (χ2n) is 9.40. The van der Waals surface area contributed by atoms with Gasteiger partial charge >= 0.3 is 0 Å². The van der Waals surface area contributed by atoms with E-state index in [-0.39, 0.29) is 17.8 Å². The molecule has 4 atom stereocenters. The first-order valence-electron chi connectivity index (χ1n) is 12.6. The van der Waals surface area contributed by atoms with Crippen molar-refractivity contribution in [2.24, 2.45) is 0 Å². The van der Waals surface area contributed by atoms with Gasteiger partial charge in [0.1, 0.15) is 6.61 Å². The van der Waals surface area contributed by atoms with Gasteiger partial charge < -0.3 is 19.3 Å². The maximum atomic E-state index is 13.9. The van der Waals surface area contributed by atoms with E-state index in [1.165, 1.54) is 4.90 Å². The fraction of sp³-hybridized carbons (Fsp3) is 0.400. The molecule has 7 heteroatoms. The zero-order valence-electron chi connectivity index (χ0n) is 21.5. The van der Waals surface area contributed by atoms with E-state index in [0.717, 1.165) is 16.7 Å². The van der Waals surface area contributed by atoms with Gasteiger partial charge in [-0.3, -0.25) is 9.69 Å². The summed E-state index contributed by atoms with van der Waals surface area (Å²) >= 11 is 5.40. The number of allylic oxidation sites excluding steroid dienone is 1. The Kier molecular flexibility index (Phi) is 11.5. The Morgan fingerprint density at radius 3 is 2.46 bits per heavy atom. The zero-order chi connectivity index (χ0) is 26.6. The van der Waals surface area contributed by atoms with Gasteiger partial charge in [0.05, 0.1) is 31.5 Å². The van der Waals surface area contributed by atoms with Gasteiger partial charge in [0.25, 0.3) is 11.1 Å². The van der Waals surface area contributed by atoms with Crippen LogP contribution in [0.15, 0.2) is 85.5 Å². The maximum absolute atomic E-state index is 13.9. The van der Waals surface area contributed by atoms with Gasteiger partial charge in [-0.25, -0.2) is 0 Å². The lowest BCUT2D eigenvalue weighted by atomic mass is 10.0. The van der Waals surface area contributed by atoms with Crippen LogP contribution >= 0.6 is 12.2 Å². The quantitative estimate of drug-likeness (QED) is 0.262. The van der Waals surface area contributed by atoms with Crippen molar-refractivity contribution in [3.8, 4) is 0 Å². The van der Waals surface area contributed by atoms with Gasteiger partial charge in [-0.1, -0.05) is 72.3 Å². The summed E-state index contributed by atoms with van der Waals surface area (Å²) in [4.78, 5) is 15.3. The van der Waals surface area contributed by atoms with Crippen LogP contribution in [-0.4, -0.2) is 58.7 Å². The van der Waals surface area contributed by atoms with E-state index in [0.29, 0.717) is 38.9 Å². The number of hydrogen-bond donors (Lipinski definition) is 1. The van der Waals surface area contributed by atoms with Crippen LogP contribution in [0, 0.1) is 0 Å². The molecule has 0 aliphatic carbocycles. The molecule has 0 bridgehead atoms. The molecule has 1 fully saturated rings. The number of aliphatic hydroxyl groups is 1. The van der Waals surface area contributed by atoms with Crippen LogP contribution in [0.3, 0.4) is 0 Å². The third-order valence-corrected chi connectivity index (χ3v) is 6.42.